The van der Waals surface area contributed by atoms with E-state index in [0.29, 0.717) is 25.1 Å². The van der Waals surface area contributed by atoms with Crippen LogP contribution in [0.2, 0.25) is 0 Å². The smallest absolute Gasteiger partial charge is 0.303 e. The molecule has 0 radical (unpaired) electrons. The number of carboxylic acids is 1. The average Bonchev–Trinajstić information content (AvgIpc) is 3.03. The lowest BCUT2D eigenvalue weighted by Crippen LogP contribution is -2.40. The van der Waals surface area contributed by atoms with Gasteiger partial charge in [-0.05, 0) is 45.1 Å². The predicted molar refractivity (Wildman–Crippen MR) is 93.4 cm³/mol. The Balaban J connectivity index is 1.73. The second-order valence-corrected chi connectivity index (χ2v) is 7.01. The lowest BCUT2D eigenvalue weighted by Gasteiger charge is -2.32. The van der Waals surface area contributed by atoms with Crippen LogP contribution in [0.3, 0.4) is 0 Å². The van der Waals surface area contributed by atoms with Crippen LogP contribution in [0.25, 0.3) is 11.0 Å². The number of amides is 1. The molecule has 1 N–H and O–H groups in total. The van der Waals surface area contributed by atoms with Crippen molar-refractivity contribution in [1.82, 2.24) is 19.7 Å². The molecule has 1 fully saturated rings. The zero-order valence-electron chi connectivity index (χ0n) is 14.7. The zero-order valence-corrected chi connectivity index (χ0v) is 14.7. The number of hydrogen-bond donors (Lipinski definition) is 1. The number of aromatic nitrogens is 3. The molecule has 134 valence electrons. The minimum Gasteiger partial charge on any atom is -0.481 e. The van der Waals surface area contributed by atoms with Gasteiger partial charge < -0.3 is 10.0 Å². The molecule has 1 unspecified atom stereocenters. The SMILES string of the molecule is CC(C)n1ncc2cc(C(=O)N3CCCC(CCC(=O)O)C3)cnc21. The molecule has 2 aromatic rings. The minimum atomic E-state index is -0.778. The monoisotopic (exact) mass is 344 g/mol. The van der Waals surface area contributed by atoms with Crippen LogP contribution in [0, 0.1) is 5.92 Å². The predicted octanol–water partition coefficient (Wildman–Crippen LogP) is 2.73. The van der Waals surface area contributed by atoms with Gasteiger partial charge in [0.1, 0.15) is 0 Å². The summed E-state index contributed by atoms with van der Waals surface area (Å²) in [6, 6.07) is 2.06. The van der Waals surface area contributed by atoms with E-state index in [1.807, 2.05) is 29.5 Å². The number of aliphatic carboxylic acids is 1. The average molecular weight is 344 g/mol. The molecule has 0 aromatic carbocycles. The Morgan fingerprint density at radius 2 is 2.16 bits per heavy atom. The van der Waals surface area contributed by atoms with Crippen molar-refractivity contribution in [3.05, 3.63) is 24.0 Å². The Morgan fingerprint density at radius 3 is 2.88 bits per heavy atom. The summed E-state index contributed by atoms with van der Waals surface area (Å²) in [4.78, 5) is 29.8. The molecule has 1 amide bonds. The number of likely N-dealkylation sites (tertiary alicyclic amines) is 1. The second kappa shape index (κ2) is 7.21. The van der Waals surface area contributed by atoms with Gasteiger partial charge in [-0.1, -0.05) is 0 Å². The maximum absolute atomic E-state index is 12.8. The first kappa shape index (κ1) is 17.4. The molecule has 7 heteroatoms. The summed E-state index contributed by atoms with van der Waals surface area (Å²) in [6.07, 6.45) is 6.04. The van der Waals surface area contributed by atoms with Gasteiger partial charge in [0.2, 0.25) is 0 Å². The molecule has 25 heavy (non-hydrogen) atoms. The van der Waals surface area contributed by atoms with Crippen molar-refractivity contribution < 1.29 is 14.7 Å². The summed E-state index contributed by atoms with van der Waals surface area (Å²) < 4.78 is 1.84. The second-order valence-electron chi connectivity index (χ2n) is 7.01. The summed E-state index contributed by atoms with van der Waals surface area (Å²) >= 11 is 0. The fourth-order valence-electron chi connectivity index (χ4n) is 3.43. The highest BCUT2D eigenvalue weighted by atomic mass is 16.4. The maximum atomic E-state index is 12.8. The molecule has 0 spiro atoms. The van der Waals surface area contributed by atoms with Crippen molar-refractivity contribution in [2.45, 2.75) is 45.6 Å². The molecule has 1 atom stereocenters. The number of pyridine rings is 1. The molecule has 3 heterocycles. The van der Waals surface area contributed by atoms with Crippen molar-refractivity contribution in [2.24, 2.45) is 5.92 Å². The van der Waals surface area contributed by atoms with Gasteiger partial charge in [-0.15, -0.1) is 0 Å². The van der Waals surface area contributed by atoms with Gasteiger partial charge in [0.05, 0.1) is 11.8 Å². The topological polar surface area (TPSA) is 88.3 Å². The largest absolute Gasteiger partial charge is 0.481 e. The van der Waals surface area contributed by atoms with Gasteiger partial charge in [-0.3, -0.25) is 9.59 Å². The fraction of sp³-hybridized carbons (Fsp3) is 0.556. The minimum absolute atomic E-state index is 0.0354. The van der Waals surface area contributed by atoms with Crippen LogP contribution in [0.4, 0.5) is 0 Å². The molecular formula is C18H24N4O3. The van der Waals surface area contributed by atoms with Crippen LogP contribution in [-0.2, 0) is 4.79 Å². The Labute approximate surface area is 146 Å². The number of carbonyl (C=O) groups is 2. The standard InChI is InChI=1S/C18H24N4O3/c1-12(2)22-17-14(10-20-22)8-15(9-19-17)18(25)21-7-3-4-13(11-21)5-6-16(23)24/h8-10,12-13H,3-7,11H2,1-2H3,(H,23,24). The Morgan fingerprint density at radius 1 is 1.36 bits per heavy atom. The van der Waals surface area contributed by atoms with Crippen LogP contribution >= 0.6 is 0 Å². The van der Waals surface area contributed by atoms with Gasteiger partial charge in [0, 0.05) is 37.1 Å². The van der Waals surface area contributed by atoms with E-state index in [9.17, 15) is 9.59 Å². The van der Waals surface area contributed by atoms with E-state index >= 15 is 0 Å². The van der Waals surface area contributed by atoms with E-state index in [1.54, 1.807) is 12.4 Å². The number of rotatable bonds is 5. The van der Waals surface area contributed by atoms with Crippen LogP contribution in [0.5, 0.6) is 0 Å². The highest BCUT2D eigenvalue weighted by Crippen LogP contribution is 2.23. The summed E-state index contributed by atoms with van der Waals surface area (Å²) in [5, 5.41) is 14.0. The number of carbonyl (C=O) groups excluding carboxylic acids is 1. The third-order valence-electron chi connectivity index (χ3n) is 4.74. The van der Waals surface area contributed by atoms with Crippen molar-refractivity contribution in [3.8, 4) is 0 Å². The lowest BCUT2D eigenvalue weighted by atomic mass is 9.93. The molecule has 1 aliphatic heterocycles. The number of hydrogen-bond acceptors (Lipinski definition) is 4. The first-order valence-electron chi connectivity index (χ1n) is 8.80. The quantitative estimate of drug-likeness (QED) is 0.901. The number of piperidine rings is 1. The van der Waals surface area contributed by atoms with E-state index in [4.69, 9.17) is 5.11 Å². The molecule has 1 aliphatic rings. The van der Waals surface area contributed by atoms with Crippen LogP contribution in [-0.4, -0.2) is 49.7 Å². The fourth-order valence-corrected chi connectivity index (χ4v) is 3.43. The Hall–Kier alpha value is -2.44. The zero-order chi connectivity index (χ0) is 18.0. The molecular weight excluding hydrogens is 320 g/mol. The lowest BCUT2D eigenvalue weighted by molar-refractivity contribution is -0.137. The molecule has 3 rings (SSSR count). The highest BCUT2D eigenvalue weighted by Gasteiger charge is 2.25. The van der Waals surface area contributed by atoms with Crippen LogP contribution in [0.15, 0.2) is 18.5 Å². The van der Waals surface area contributed by atoms with Gasteiger partial charge in [-0.2, -0.15) is 5.10 Å². The van der Waals surface area contributed by atoms with Gasteiger partial charge in [-0.25, -0.2) is 9.67 Å². The normalized spacial score (nSPS) is 18.0. The maximum Gasteiger partial charge on any atom is 0.303 e. The van der Waals surface area contributed by atoms with Crippen LogP contribution < -0.4 is 0 Å². The summed E-state index contributed by atoms with van der Waals surface area (Å²) in [6.45, 7) is 5.41. The first-order valence-corrected chi connectivity index (χ1v) is 8.80. The summed E-state index contributed by atoms with van der Waals surface area (Å²) in [5.74, 6) is -0.554. The summed E-state index contributed by atoms with van der Waals surface area (Å²) in [5.41, 5.74) is 1.35. The Kier molecular flexibility index (Phi) is 5.01. The molecule has 0 bridgehead atoms. The third kappa shape index (κ3) is 3.81. The molecule has 2 aromatic heterocycles. The Bertz CT molecular complexity index is 784. The number of carboxylic acid groups (broad SMARTS) is 1. The molecule has 0 saturated carbocycles. The number of nitrogens with zero attached hydrogens (tertiary/aromatic N) is 4. The van der Waals surface area contributed by atoms with Gasteiger partial charge in [0.25, 0.3) is 5.91 Å². The van der Waals surface area contributed by atoms with Crippen molar-refractivity contribution >= 4 is 22.9 Å². The highest BCUT2D eigenvalue weighted by molar-refractivity contribution is 5.96. The van der Waals surface area contributed by atoms with E-state index in [0.717, 1.165) is 23.9 Å². The molecule has 7 nitrogen and oxygen atoms in total. The van der Waals surface area contributed by atoms with E-state index in [-0.39, 0.29) is 24.3 Å². The third-order valence-corrected chi connectivity index (χ3v) is 4.74. The van der Waals surface area contributed by atoms with E-state index < -0.39 is 5.97 Å². The summed E-state index contributed by atoms with van der Waals surface area (Å²) in [7, 11) is 0. The van der Waals surface area contributed by atoms with E-state index in [1.165, 1.54) is 0 Å². The number of fused-ring (bicyclic) bond motifs is 1. The van der Waals surface area contributed by atoms with Crippen molar-refractivity contribution in [1.29, 1.82) is 0 Å². The molecule has 0 aliphatic carbocycles. The van der Waals surface area contributed by atoms with E-state index in [2.05, 4.69) is 10.1 Å². The van der Waals surface area contributed by atoms with Crippen molar-refractivity contribution in [2.75, 3.05) is 13.1 Å². The van der Waals surface area contributed by atoms with Crippen LogP contribution in [0.1, 0.15) is 55.9 Å². The molecule has 1 saturated heterocycles. The van der Waals surface area contributed by atoms with Gasteiger partial charge in [0.15, 0.2) is 5.65 Å². The first-order chi connectivity index (χ1) is 12.0. The van der Waals surface area contributed by atoms with Crippen molar-refractivity contribution in [3.63, 3.8) is 0 Å². The van der Waals surface area contributed by atoms with Gasteiger partial charge >= 0.3 is 5.97 Å².